The molecular formula is C21H31N7O3. The third kappa shape index (κ3) is 5.25. The normalized spacial score (nSPS) is 17.7. The van der Waals surface area contributed by atoms with Crippen LogP contribution in [0.4, 0.5) is 10.5 Å². The van der Waals surface area contributed by atoms with E-state index >= 15 is 0 Å². The average Bonchev–Trinajstić information content (AvgIpc) is 2.72. The summed E-state index contributed by atoms with van der Waals surface area (Å²) < 4.78 is 5.06. The van der Waals surface area contributed by atoms with Crippen LogP contribution in [0.2, 0.25) is 0 Å². The molecule has 31 heavy (non-hydrogen) atoms. The van der Waals surface area contributed by atoms with Gasteiger partial charge in [0.05, 0.1) is 17.9 Å². The maximum atomic E-state index is 12.9. The summed E-state index contributed by atoms with van der Waals surface area (Å²) >= 11 is 0. The largest absolute Gasteiger partial charge is 0.448 e. The van der Waals surface area contributed by atoms with E-state index in [0.717, 1.165) is 38.5 Å². The molecule has 1 fully saturated rings. The number of amides is 2. The van der Waals surface area contributed by atoms with Gasteiger partial charge >= 0.3 is 6.09 Å². The maximum absolute atomic E-state index is 12.9. The Morgan fingerprint density at radius 1 is 1.16 bits per heavy atom. The monoisotopic (exact) mass is 429 g/mol. The number of ether oxygens (including phenoxy) is 1. The van der Waals surface area contributed by atoms with Crippen molar-refractivity contribution < 1.29 is 14.3 Å². The van der Waals surface area contributed by atoms with Gasteiger partial charge in [-0.25, -0.2) is 15.2 Å². The number of nitrogens with zero attached hydrogens (tertiary/aromatic N) is 3. The number of rotatable bonds is 5. The van der Waals surface area contributed by atoms with E-state index in [1.807, 2.05) is 19.9 Å². The van der Waals surface area contributed by atoms with Gasteiger partial charge in [-0.05, 0) is 50.2 Å². The van der Waals surface area contributed by atoms with Crippen LogP contribution in [0, 0.1) is 5.92 Å². The first-order valence-corrected chi connectivity index (χ1v) is 10.6. The van der Waals surface area contributed by atoms with Crippen LogP contribution in [0.25, 0.3) is 0 Å². The molecule has 1 aromatic rings. The second-order valence-electron chi connectivity index (χ2n) is 8.23. The molecule has 1 saturated carbocycles. The number of nitrogens with two attached hydrogens (primary N) is 2. The molecule has 2 aliphatic rings. The van der Waals surface area contributed by atoms with Crippen LogP contribution in [0.15, 0.2) is 34.3 Å². The summed E-state index contributed by atoms with van der Waals surface area (Å²) in [6.45, 7) is 4.34. The summed E-state index contributed by atoms with van der Waals surface area (Å²) in [5.41, 5.74) is 17.1. The Labute approximate surface area is 182 Å². The minimum absolute atomic E-state index is 0.142. The highest BCUT2D eigenvalue weighted by molar-refractivity contribution is 6.10. The predicted molar refractivity (Wildman–Crippen MR) is 119 cm³/mol. The number of benzene rings is 1. The van der Waals surface area contributed by atoms with Crippen molar-refractivity contribution in [2.75, 3.05) is 11.5 Å². The molecule has 0 unspecified atom stereocenters. The first-order valence-electron chi connectivity index (χ1n) is 10.6. The molecule has 0 bridgehead atoms. The summed E-state index contributed by atoms with van der Waals surface area (Å²) in [4.78, 5) is 35.3. The van der Waals surface area contributed by atoms with E-state index in [-0.39, 0.29) is 18.5 Å². The molecule has 1 aromatic carbocycles. The van der Waals surface area contributed by atoms with Crippen molar-refractivity contribution in [2.45, 2.75) is 58.0 Å². The zero-order valence-electron chi connectivity index (χ0n) is 18.1. The second kappa shape index (κ2) is 9.67. The molecule has 168 valence electrons. The molecule has 1 aliphatic carbocycles. The Morgan fingerprint density at radius 3 is 2.58 bits per heavy atom. The van der Waals surface area contributed by atoms with Crippen LogP contribution < -0.4 is 27.2 Å². The van der Waals surface area contributed by atoms with Crippen molar-refractivity contribution in [3.8, 4) is 0 Å². The first kappa shape index (κ1) is 22.4. The molecule has 0 aromatic heterocycles. The quantitative estimate of drug-likeness (QED) is 0.528. The summed E-state index contributed by atoms with van der Waals surface area (Å²) in [6.07, 6.45) is 4.57. The summed E-state index contributed by atoms with van der Waals surface area (Å²) in [6, 6.07) is 6.99. The highest BCUT2D eigenvalue weighted by atomic mass is 16.6. The zero-order valence-corrected chi connectivity index (χ0v) is 18.1. The van der Waals surface area contributed by atoms with Gasteiger partial charge in [0.1, 0.15) is 5.66 Å². The fourth-order valence-corrected chi connectivity index (χ4v) is 3.93. The predicted octanol–water partition coefficient (Wildman–Crippen LogP) is 2.21. The van der Waals surface area contributed by atoms with Gasteiger partial charge in [0.15, 0.2) is 0 Å². The van der Waals surface area contributed by atoms with Crippen LogP contribution in [0.1, 0.15) is 62.7 Å². The Kier molecular flexibility index (Phi) is 6.98. The molecule has 6 N–H and O–H groups in total. The number of hydrogen-bond acceptors (Lipinski definition) is 8. The standard InChI is InChI=1S/C21H31N7O3/c1-14(2)10-13-31-20(30)27-26-17(29)15-8-4-5-9-16(15)28-19(23)24-18(22)25-21(28)11-6-3-7-12-21/h4-5,8-9,14H,3,6-7,10-13H2,1-2H3,(H,26,29)(H,27,30)(H4,22,23,24,25). The number of hydrazine groups is 1. The number of guanidine groups is 2. The topological polar surface area (TPSA) is 147 Å². The van der Waals surface area contributed by atoms with Gasteiger partial charge in [0, 0.05) is 0 Å². The van der Waals surface area contributed by atoms with Gasteiger partial charge in [0.25, 0.3) is 5.91 Å². The highest BCUT2D eigenvalue weighted by Gasteiger charge is 2.43. The van der Waals surface area contributed by atoms with Gasteiger partial charge < -0.3 is 16.2 Å². The minimum atomic E-state index is -0.716. The number of aliphatic imine (C=N–C) groups is 2. The molecule has 3 rings (SSSR count). The van der Waals surface area contributed by atoms with Gasteiger partial charge in [0.2, 0.25) is 11.9 Å². The van der Waals surface area contributed by atoms with Crippen LogP contribution in [-0.2, 0) is 4.74 Å². The van der Waals surface area contributed by atoms with Crippen molar-refractivity contribution in [1.82, 2.24) is 10.9 Å². The lowest BCUT2D eigenvalue weighted by Crippen LogP contribution is -2.58. The molecular weight excluding hydrogens is 398 g/mol. The molecule has 1 heterocycles. The lowest BCUT2D eigenvalue weighted by Gasteiger charge is -2.46. The molecule has 1 aliphatic heterocycles. The van der Waals surface area contributed by atoms with Crippen molar-refractivity contribution in [2.24, 2.45) is 27.4 Å². The molecule has 0 radical (unpaired) electrons. The van der Waals surface area contributed by atoms with E-state index in [2.05, 4.69) is 20.8 Å². The Balaban J connectivity index is 1.78. The molecule has 1 spiro atoms. The van der Waals surface area contributed by atoms with Crippen LogP contribution >= 0.6 is 0 Å². The SMILES string of the molecule is CC(C)CCOC(=O)NNC(=O)c1ccccc1N1C(N)=NC(N)=NC12CCCCC2. The van der Waals surface area contributed by atoms with Gasteiger partial charge in [-0.1, -0.05) is 32.4 Å². The first-order chi connectivity index (χ1) is 14.8. The van der Waals surface area contributed by atoms with Gasteiger partial charge in [-0.3, -0.25) is 15.1 Å². The number of carbonyl (C=O) groups excluding carboxylic acids is 2. The van der Waals surface area contributed by atoms with Gasteiger partial charge in [-0.15, -0.1) is 0 Å². The van der Waals surface area contributed by atoms with Crippen LogP contribution in [0.5, 0.6) is 0 Å². The molecule has 10 heteroatoms. The molecule has 2 amide bonds. The molecule has 0 atom stereocenters. The zero-order chi connectivity index (χ0) is 22.4. The van der Waals surface area contributed by atoms with E-state index in [1.54, 1.807) is 23.1 Å². The number of nitrogens with one attached hydrogen (secondary N) is 2. The van der Waals surface area contributed by atoms with Crippen LogP contribution in [-0.4, -0.2) is 36.2 Å². The highest BCUT2D eigenvalue weighted by Crippen LogP contribution is 2.40. The summed E-state index contributed by atoms with van der Waals surface area (Å²) in [7, 11) is 0. The van der Waals surface area contributed by atoms with E-state index in [9.17, 15) is 9.59 Å². The van der Waals surface area contributed by atoms with E-state index in [1.165, 1.54) is 0 Å². The second-order valence-corrected chi connectivity index (χ2v) is 8.23. The van der Waals surface area contributed by atoms with E-state index in [4.69, 9.17) is 16.2 Å². The third-order valence-electron chi connectivity index (χ3n) is 5.45. The van der Waals surface area contributed by atoms with E-state index in [0.29, 0.717) is 17.2 Å². The average molecular weight is 430 g/mol. The fraction of sp³-hybridized carbons (Fsp3) is 0.524. The molecule has 0 saturated heterocycles. The number of hydrogen-bond donors (Lipinski definition) is 4. The number of carbonyl (C=O) groups is 2. The number of anilines is 1. The van der Waals surface area contributed by atoms with Crippen molar-refractivity contribution >= 4 is 29.6 Å². The van der Waals surface area contributed by atoms with Crippen molar-refractivity contribution in [1.29, 1.82) is 0 Å². The summed E-state index contributed by atoms with van der Waals surface area (Å²) in [5.74, 6) is 0.242. The van der Waals surface area contributed by atoms with E-state index < -0.39 is 17.7 Å². The van der Waals surface area contributed by atoms with Crippen molar-refractivity contribution in [3.63, 3.8) is 0 Å². The number of para-hydroxylation sites is 1. The lowest BCUT2D eigenvalue weighted by molar-refractivity contribution is 0.0906. The Morgan fingerprint density at radius 2 is 1.87 bits per heavy atom. The lowest BCUT2D eigenvalue weighted by atomic mass is 9.87. The van der Waals surface area contributed by atoms with Crippen LogP contribution in [0.3, 0.4) is 0 Å². The Hall–Kier alpha value is -3.30. The fourth-order valence-electron chi connectivity index (χ4n) is 3.93. The summed E-state index contributed by atoms with van der Waals surface area (Å²) in [5, 5.41) is 0. The van der Waals surface area contributed by atoms with Gasteiger partial charge in [-0.2, -0.15) is 4.99 Å². The maximum Gasteiger partial charge on any atom is 0.426 e. The Bertz CT molecular complexity index is 875. The minimum Gasteiger partial charge on any atom is -0.448 e. The smallest absolute Gasteiger partial charge is 0.426 e. The molecule has 10 nitrogen and oxygen atoms in total. The van der Waals surface area contributed by atoms with Crippen molar-refractivity contribution in [3.05, 3.63) is 29.8 Å². The third-order valence-corrected chi connectivity index (χ3v) is 5.45.